The lowest BCUT2D eigenvalue weighted by molar-refractivity contribution is -0.107. The van der Waals surface area contributed by atoms with Gasteiger partial charge in [0.15, 0.2) is 0 Å². The number of imidazole rings is 1. The maximum absolute atomic E-state index is 11.7. The Hall–Kier alpha value is -4.24. The minimum Gasteiger partial charge on any atom is -0.457 e. The van der Waals surface area contributed by atoms with E-state index in [9.17, 15) is 4.79 Å². The van der Waals surface area contributed by atoms with Crippen molar-refractivity contribution in [2.75, 3.05) is 10.2 Å². The Morgan fingerprint density at radius 1 is 1.00 bits per heavy atom. The van der Waals surface area contributed by atoms with Crippen LogP contribution in [0.1, 0.15) is 5.56 Å². The molecule has 174 valence electrons. The van der Waals surface area contributed by atoms with Crippen molar-refractivity contribution in [3.8, 4) is 11.5 Å². The van der Waals surface area contributed by atoms with Crippen LogP contribution in [-0.2, 0) is 18.4 Å². The molecule has 1 amide bonds. The Balaban J connectivity index is 1.35. The van der Waals surface area contributed by atoms with Gasteiger partial charge in [-0.2, -0.15) is 0 Å². The number of rotatable bonds is 8. The molecule has 0 aliphatic carbocycles. The van der Waals surface area contributed by atoms with E-state index in [0.717, 1.165) is 39.1 Å². The average molecular weight is 529 g/mol. The zero-order valence-electron chi connectivity index (χ0n) is 18.8. The summed E-state index contributed by atoms with van der Waals surface area (Å²) in [6, 6.07) is 20.9. The van der Waals surface area contributed by atoms with Crippen LogP contribution >= 0.6 is 15.9 Å². The predicted octanol–water partition coefficient (Wildman–Crippen LogP) is 5.82. The molecule has 9 heteroatoms. The second-order valence-electron chi connectivity index (χ2n) is 7.82. The molecule has 2 aromatic carbocycles. The third kappa shape index (κ3) is 5.15. The van der Waals surface area contributed by atoms with Crippen molar-refractivity contribution in [2.45, 2.75) is 6.54 Å². The number of nitrogens with zero attached hydrogens (tertiary/aromatic N) is 5. The summed E-state index contributed by atoms with van der Waals surface area (Å²) in [6.07, 6.45) is 5.76. The van der Waals surface area contributed by atoms with Gasteiger partial charge in [-0.15, -0.1) is 0 Å². The first-order chi connectivity index (χ1) is 17.1. The van der Waals surface area contributed by atoms with E-state index in [1.165, 1.54) is 4.90 Å². The number of carbonyl (C=O) groups excluding carboxylic acids is 1. The molecule has 0 radical (unpaired) electrons. The molecule has 0 spiro atoms. The first-order valence-corrected chi connectivity index (χ1v) is 11.6. The minimum absolute atomic E-state index is 0.385. The summed E-state index contributed by atoms with van der Waals surface area (Å²) in [5.74, 6) is 2.42. The lowest BCUT2D eigenvalue weighted by Crippen LogP contribution is -2.21. The van der Waals surface area contributed by atoms with Crippen molar-refractivity contribution in [1.82, 2.24) is 19.5 Å². The van der Waals surface area contributed by atoms with Crippen LogP contribution in [-0.4, -0.2) is 25.9 Å². The van der Waals surface area contributed by atoms with Gasteiger partial charge in [0.25, 0.3) is 0 Å². The van der Waals surface area contributed by atoms with E-state index in [1.54, 1.807) is 30.7 Å². The molecule has 0 bridgehead atoms. The number of fused-ring (bicyclic) bond motifs is 1. The number of hydrogen-bond acceptors (Lipinski definition) is 6. The molecule has 8 nitrogen and oxygen atoms in total. The molecule has 35 heavy (non-hydrogen) atoms. The van der Waals surface area contributed by atoms with Crippen molar-refractivity contribution in [1.29, 1.82) is 0 Å². The van der Waals surface area contributed by atoms with E-state index >= 15 is 0 Å². The van der Waals surface area contributed by atoms with Gasteiger partial charge >= 0.3 is 0 Å². The van der Waals surface area contributed by atoms with Crippen molar-refractivity contribution in [3.63, 3.8) is 0 Å². The molecular formula is C26H21BrN6O2. The van der Waals surface area contributed by atoms with E-state index in [-0.39, 0.29) is 0 Å². The quantitative estimate of drug-likeness (QED) is 0.255. The van der Waals surface area contributed by atoms with Gasteiger partial charge in [0.1, 0.15) is 17.3 Å². The summed E-state index contributed by atoms with van der Waals surface area (Å²) in [5, 5.41) is 3.34. The summed E-state index contributed by atoms with van der Waals surface area (Å²) in [5.41, 5.74) is 3.66. The van der Waals surface area contributed by atoms with Gasteiger partial charge in [-0.05, 0) is 60.2 Å². The van der Waals surface area contributed by atoms with Gasteiger partial charge in [-0.25, -0.2) is 9.97 Å². The van der Waals surface area contributed by atoms with Crippen LogP contribution in [0.4, 0.5) is 17.5 Å². The van der Waals surface area contributed by atoms with Crippen molar-refractivity contribution in [2.24, 2.45) is 7.05 Å². The molecule has 0 saturated heterocycles. The number of anilines is 3. The molecule has 0 aliphatic heterocycles. The Morgan fingerprint density at radius 2 is 1.77 bits per heavy atom. The first-order valence-electron chi connectivity index (χ1n) is 10.8. The summed E-state index contributed by atoms with van der Waals surface area (Å²) in [6.45, 7) is 0.385. The Morgan fingerprint density at radius 3 is 2.54 bits per heavy atom. The standard InChI is InChI=1S/C26H21BrN6O2/c1-32-24-7-6-21(14-23(24)31-26(32)30-20-4-2-19(27)3-5-20)35-22-10-13-29-25(15-22)33(17-34)16-18-8-11-28-12-9-18/h2-15,17H,16H2,1H3,(H,30,31). The third-order valence-corrected chi connectivity index (χ3v) is 5.96. The maximum Gasteiger partial charge on any atom is 0.215 e. The largest absolute Gasteiger partial charge is 0.457 e. The molecule has 5 rings (SSSR count). The summed E-state index contributed by atoms with van der Waals surface area (Å²) in [4.78, 5) is 26.3. The number of amides is 1. The third-order valence-electron chi connectivity index (χ3n) is 5.43. The molecule has 3 heterocycles. The number of halogens is 1. The normalized spacial score (nSPS) is 10.8. The fourth-order valence-corrected chi connectivity index (χ4v) is 3.90. The SMILES string of the molecule is Cn1c(Nc2ccc(Br)cc2)nc2cc(Oc3ccnc(N(C=O)Cc4ccncc4)c3)ccc21. The predicted molar refractivity (Wildman–Crippen MR) is 139 cm³/mol. The highest BCUT2D eigenvalue weighted by atomic mass is 79.9. The topological polar surface area (TPSA) is 85.2 Å². The number of nitrogens with one attached hydrogen (secondary N) is 1. The number of carbonyl (C=O) groups is 1. The van der Waals surface area contributed by atoms with Gasteiger partial charge in [0.05, 0.1) is 17.6 Å². The van der Waals surface area contributed by atoms with E-state index < -0.39 is 0 Å². The molecule has 0 aliphatic rings. The number of hydrogen-bond donors (Lipinski definition) is 1. The fraction of sp³-hybridized carbons (Fsp3) is 0.0769. The zero-order chi connectivity index (χ0) is 24.2. The van der Waals surface area contributed by atoms with Gasteiger partial charge in [0, 0.05) is 47.9 Å². The van der Waals surface area contributed by atoms with Crippen LogP contribution in [0.3, 0.4) is 0 Å². The summed E-state index contributed by atoms with van der Waals surface area (Å²) in [7, 11) is 1.96. The van der Waals surface area contributed by atoms with E-state index in [4.69, 9.17) is 9.72 Å². The zero-order valence-corrected chi connectivity index (χ0v) is 20.4. The monoisotopic (exact) mass is 528 g/mol. The Labute approximate surface area is 210 Å². The Kier molecular flexibility index (Phi) is 6.40. The highest BCUT2D eigenvalue weighted by molar-refractivity contribution is 9.10. The number of benzene rings is 2. The molecule has 5 aromatic rings. The maximum atomic E-state index is 11.7. The number of pyridine rings is 2. The average Bonchev–Trinajstić information content (AvgIpc) is 3.19. The van der Waals surface area contributed by atoms with Crippen LogP contribution < -0.4 is 15.0 Å². The van der Waals surface area contributed by atoms with Crippen LogP contribution in [0.25, 0.3) is 11.0 Å². The number of ether oxygens (including phenoxy) is 1. The molecule has 0 fully saturated rings. The smallest absolute Gasteiger partial charge is 0.215 e. The molecular weight excluding hydrogens is 508 g/mol. The molecule has 1 N–H and O–H groups in total. The lowest BCUT2D eigenvalue weighted by Gasteiger charge is -2.17. The van der Waals surface area contributed by atoms with Gasteiger partial charge in [0.2, 0.25) is 12.4 Å². The van der Waals surface area contributed by atoms with Gasteiger partial charge in [-0.1, -0.05) is 15.9 Å². The van der Waals surface area contributed by atoms with E-state index in [2.05, 4.69) is 31.2 Å². The van der Waals surface area contributed by atoms with Gasteiger partial charge in [-0.3, -0.25) is 14.7 Å². The van der Waals surface area contributed by atoms with E-state index in [0.29, 0.717) is 23.9 Å². The first kappa shape index (κ1) is 22.5. The lowest BCUT2D eigenvalue weighted by atomic mass is 10.2. The van der Waals surface area contributed by atoms with Crippen LogP contribution in [0.15, 0.2) is 89.8 Å². The molecule has 0 atom stereocenters. The minimum atomic E-state index is 0.385. The van der Waals surface area contributed by atoms with E-state index in [1.807, 2.05) is 66.2 Å². The molecule has 0 saturated carbocycles. The number of aryl methyl sites for hydroxylation is 1. The highest BCUT2D eigenvalue weighted by Crippen LogP contribution is 2.29. The molecule has 0 unspecified atom stereocenters. The van der Waals surface area contributed by atoms with Crippen molar-refractivity contribution in [3.05, 3.63) is 95.4 Å². The van der Waals surface area contributed by atoms with Gasteiger partial charge < -0.3 is 14.6 Å². The van der Waals surface area contributed by atoms with Crippen LogP contribution in [0, 0.1) is 0 Å². The van der Waals surface area contributed by atoms with Crippen molar-refractivity contribution < 1.29 is 9.53 Å². The second-order valence-corrected chi connectivity index (χ2v) is 8.73. The highest BCUT2D eigenvalue weighted by Gasteiger charge is 2.12. The van der Waals surface area contributed by atoms with Crippen molar-refractivity contribution >= 4 is 50.8 Å². The fourth-order valence-electron chi connectivity index (χ4n) is 3.63. The molecule has 3 aromatic heterocycles. The summed E-state index contributed by atoms with van der Waals surface area (Å²) >= 11 is 3.45. The second kappa shape index (κ2) is 9.94. The summed E-state index contributed by atoms with van der Waals surface area (Å²) < 4.78 is 9.09. The van der Waals surface area contributed by atoms with Crippen LogP contribution in [0.2, 0.25) is 0 Å². The number of aromatic nitrogens is 4. The van der Waals surface area contributed by atoms with Crippen LogP contribution in [0.5, 0.6) is 11.5 Å². The Bertz CT molecular complexity index is 1470.